The molecule has 136 valence electrons. The number of rotatable bonds is 4. The van der Waals surface area contributed by atoms with E-state index in [0.29, 0.717) is 31.5 Å². The fourth-order valence-electron chi connectivity index (χ4n) is 3.81. The van der Waals surface area contributed by atoms with Crippen molar-refractivity contribution < 1.29 is 18.7 Å². The van der Waals surface area contributed by atoms with Gasteiger partial charge in [-0.05, 0) is 43.2 Å². The van der Waals surface area contributed by atoms with Crippen LogP contribution in [-0.4, -0.2) is 43.0 Å². The van der Waals surface area contributed by atoms with Crippen molar-refractivity contribution in [3.8, 4) is 5.75 Å². The molecule has 2 amide bonds. The van der Waals surface area contributed by atoms with Crippen LogP contribution in [-0.2, 0) is 9.59 Å². The number of hydrogen-bond donors (Lipinski definition) is 1. The van der Waals surface area contributed by atoms with Gasteiger partial charge in [-0.1, -0.05) is 12.1 Å². The maximum Gasteiger partial charge on any atom is 0.224 e. The van der Waals surface area contributed by atoms with Gasteiger partial charge in [0.2, 0.25) is 11.8 Å². The summed E-state index contributed by atoms with van der Waals surface area (Å²) in [5, 5.41) is 2.89. The van der Waals surface area contributed by atoms with Gasteiger partial charge in [0.05, 0.1) is 7.11 Å². The first-order chi connectivity index (χ1) is 12.1. The second kappa shape index (κ2) is 7.85. The third-order valence-electron chi connectivity index (χ3n) is 5.24. The van der Waals surface area contributed by atoms with Crippen LogP contribution in [0, 0.1) is 5.82 Å². The highest BCUT2D eigenvalue weighted by Gasteiger charge is 2.28. The summed E-state index contributed by atoms with van der Waals surface area (Å²) in [5.41, 5.74) is 0.672. The summed E-state index contributed by atoms with van der Waals surface area (Å²) >= 11 is 0. The molecule has 3 rings (SSSR count). The Morgan fingerprint density at radius 3 is 2.76 bits per heavy atom. The normalized spacial score (nSPS) is 21.8. The molecule has 1 aromatic rings. The van der Waals surface area contributed by atoms with E-state index < -0.39 is 0 Å². The fourth-order valence-corrected chi connectivity index (χ4v) is 3.81. The topological polar surface area (TPSA) is 58.6 Å². The quantitative estimate of drug-likeness (QED) is 0.910. The third kappa shape index (κ3) is 4.11. The largest absolute Gasteiger partial charge is 0.494 e. The zero-order valence-corrected chi connectivity index (χ0v) is 14.6. The molecule has 1 unspecified atom stereocenters. The summed E-state index contributed by atoms with van der Waals surface area (Å²) in [6.45, 7) is 1.25. The SMILES string of the molecule is COc1cccc(C2CCN(C(=O)CC3CCCC(=O)N3)CC2)c1F. The summed E-state index contributed by atoms with van der Waals surface area (Å²) in [6.07, 6.45) is 4.12. The van der Waals surface area contributed by atoms with Crippen LogP contribution < -0.4 is 10.1 Å². The van der Waals surface area contributed by atoms with E-state index in [4.69, 9.17) is 4.74 Å². The average molecular weight is 348 g/mol. The van der Waals surface area contributed by atoms with E-state index in [9.17, 15) is 14.0 Å². The zero-order chi connectivity index (χ0) is 17.8. The first-order valence-corrected chi connectivity index (χ1v) is 8.98. The summed E-state index contributed by atoms with van der Waals surface area (Å²) in [7, 11) is 1.47. The van der Waals surface area contributed by atoms with Crippen LogP contribution in [0.15, 0.2) is 18.2 Å². The molecule has 5 nitrogen and oxygen atoms in total. The van der Waals surface area contributed by atoms with Crippen molar-refractivity contribution in [3.63, 3.8) is 0 Å². The van der Waals surface area contributed by atoms with E-state index in [2.05, 4.69) is 5.32 Å². The Kier molecular flexibility index (Phi) is 5.56. The van der Waals surface area contributed by atoms with Crippen molar-refractivity contribution in [2.75, 3.05) is 20.2 Å². The number of piperidine rings is 2. The lowest BCUT2D eigenvalue weighted by Crippen LogP contribution is -2.45. The number of carbonyl (C=O) groups is 2. The number of nitrogens with zero attached hydrogens (tertiary/aromatic N) is 1. The van der Waals surface area contributed by atoms with Crippen molar-refractivity contribution in [1.29, 1.82) is 0 Å². The third-order valence-corrected chi connectivity index (χ3v) is 5.24. The lowest BCUT2D eigenvalue weighted by Gasteiger charge is -2.34. The Bertz CT molecular complexity index is 642. The second-order valence-electron chi connectivity index (χ2n) is 6.88. The van der Waals surface area contributed by atoms with E-state index in [-0.39, 0.29) is 35.3 Å². The van der Waals surface area contributed by atoms with Crippen LogP contribution in [0.3, 0.4) is 0 Å². The molecule has 0 aromatic heterocycles. The van der Waals surface area contributed by atoms with Gasteiger partial charge in [0, 0.05) is 32.0 Å². The summed E-state index contributed by atoms with van der Waals surface area (Å²) < 4.78 is 19.5. The number of ether oxygens (including phenoxy) is 1. The minimum Gasteiger partial charge on any atom is -0.494 e. The second-order valence-corrected chi connectivity index (χ2v) is 6.88. The van der Waals surface area contributed by atoms with Gasteiger partial charge < -0.3 is 15.0 Å². The Morgan fingerprint density at radius 2 is 2.08 bits per heavy atom. The molecule has 1 aromatic carbocycles. The van der Waals surface area contributed by atoms with Crippen LogP contribution in [0.25, 0.3) is 0 Å². The summed E-state index contributed by atoms with van der Waals surface area (Å²) in [5.74, 6) is 0.199. The van der Waals surface area contributed by atoms with Crippen molar-refractivity contribution in [2.24, 2.45) is 0 Å². The molecule has 0 bridgehead atoms. The average Bonchev–Trinajstić information content (AvgIpc) is 2.62. The van der Waals surface area contributed by atoms with Gasteiger partial charge >= 0.3 is 0 Å². The van der Waals surface area contributed by atoms with Crippen molar-refractivity contribution >= 4 is 11.8 Å². The van der Waals surface area contributed by atoms with Gasteiger partial charge in [-0.15, -0.1) is 0 Å². The first kappa shape index (κ1) is 17.7. The Morgan fingerprint density at radius 1 is 1.32 bits per heavy atom. The molecule has 25 heavy (non-hydrogen) atoms. The van der Waals surface area contributed by atoms with Crippen molar-refractivity contribution in [1.82, 2.24) is 10.2 Å². The minimum absolute atomic E-state index is 0.0382. The fraction of sp³-hybridized carbons (Fsp3) is 0.579. The number of hydrogen-bond acceptors (Lipinski definition) is 3. The molecule has 0 radical (unpaired) electrons. The number of benzene rings is 1. The Labute approximate surface area is 147 Å². The molecule has 1 atom stereocenters. The van der Waals surface area contributed by atoms with Gasteiger partial charge in [0.25, 0.3) is 0 Å². The standard InChI is InChI=1S/C19H25FN2O3/c1-25-16-6-3-5-15(19(16)20)13-8-10-22(11-9-13)18(24)12-14-4-2-7-17(23)21-14/h3,5-6,13-14H,2,4,7-12H2,1H3,(H,21,23). The number of carbonyl (C=O) groups excluding carboxylic acids is 2. The molecule has 0 aliphatic carbocycles. The van der Waals surface area contributed by atoms with Gasteiger partial charge in [0.1, 0.15) is 0 Å². The van der Waals surface area contributed by atoms with Gasteiger partial charge in [-0.25, -0.2) is 4.39 Å². The van der Waals surface area contributed by atoms with E-state index in [1.165, 1.54) is 7.11 Å². The maximum atomic E-state index is 14.4. The minimum atomic E-state index is -0.292. The van der Waals surface area contributed by atoms with Gasteiger partial charge in [-0.2, -0.15) is 0 Å². The molecule has 2 heterocycles. The molecule has 6 heteroatoms. The summed E-state index contributed by atoms with van der Waals surface area (Å²) in [4.78, 5) is 25.7. The van der Waals surface area contributed by atoms with E-state index in [0.717, 1.165) is 25.7 Å². The number of amides is 2. The van der Waals surface area contributed by atoms with Crippen LogP contribution >= 0.6 is 0 Å². The lowest BCUT2D eigenvalue weighted by molar-refractivity contribution is -0.133. The van der Waals surface area contributed by atoms with Crippen LogP contribution in [0.2, 0.25) is 0 Å². The monoisotopic (exact) mass is 348 g/mol. The Balaban J connectivity index is 1.55. The molecule has 0 spiro atoms. The number of halogens is 1. The molecule has 0 saturated carbocycles. The van der Waals surface area contributed by atoms with Gasteiger partial charge in [0.15, 0.2) is 11.6 Å². The summed E-state index contributed by atoms with van der Waals surface area (Å²) in [6, 6.07) is 5.19. The highest BCUT2D eigenvalue weighted by atomic mass is 19.1. The molecule has 1 N–H and O–H groups in total. The zero-order valence-electron chi connectivity index (χ0n) is 14.6. The number of nitrogens with one attached hydrogen (secondary N) is 1. The van der Waals surface area contributed by atoms with E-state index in [1.807, 2.05) is 4.90 Å². The van der Waals surface area contributed by atoms with E-state index >= 15 is 0 Å². The predicted octanol–water partition coefficient (Wildman–Crippen LogP) is 2.60. The number of likely N-dealkylation sites (tertiary alicyclic amines) is 1. The highest BCUT2D eigenvalue weighted by Crippen LogP contribution is 2.33. The smallest absolute Gasteiger partial charge is 0.224 e. The van der Waals surface area contributed by atoms with Crippen LogP contribution in [0.1, 0.15) is 50.0 Å². The van der Waals surface area contributed by atoms with Crippen molar-refractivity contribution in [3.05, 3.63) is 29.6 Å². The van der Waals surface area contributed by atoms with Crippen molar-refractivity contribution in [2.45, 2.75) is 50.5 Å². The molecular formula is C19H25FN2O3. The number of methoxy groups -OCH3 is 1. The molecule has 2 saturated heterocycles. The van der Waals surface area contributed by atoms with Crippen LogP contribution in [0.5, 0.6) is 5.75 Å². The molecule has 2 aliphatic heterocycles. The maximum absolute atomic E-state index is 14.4. The first-order valence-electron chi connectivity index (χ1n) is 8.98. The predicted molar refractivity (Wildman–Crippen MR) is 91.9 cm³/mol. The Hall–Kier alpha value is -2.11. The highest BCUT2D eigenvalue weighted by molar-refractivity contribution is 5.80. The molecule has 2 fully saturated rings. The lowest BCUT2D eigenvalue weighted by atomic mass is 9.88. The van der Waals surface area contributed by atoms with Gasteiger partial charge in [-0.3, -0.25) is 9.59 Å². The molecule has 2 aliphatic rings. The van der Waals surface area contributed by atoms with E-state index in [1.54, 1.807) is 18.2 Å². The molecular weight excluding hydrogens is 323 g/mol. The van der Waals surface area contributed by atoms with Crippen LogP contribution in [0.4, 0.5) is 4.39 Å².